The molecule has 37 heavy (non-hydrogen) atoms. The lowest BCUT2D eigenvalue weighted by Crippen LogP contribution is -2.50. The molecule has 9 nitrogen and oxygen atoms in total. The van der Waals surface area contributed by atoms with Gasteiger partial charge >= 0.3 is 0 Å². The first-order valence-electron chi connectivity index (χ1n) is 11.6. The number of carbonyl (C=O) groups excluding carboxylic acids is 2. The van der Waals surface area contributed by atoms with Crippen LogP contribution < -0.4 is 0 Å². The van der Waals surface area contributed by atoms with Crippen molar-refractivity contribution in [3.63, 3.8) is 0 Å². The minimum atomic E-state index is -0.104. The first kappa shape index (κ1) is 25.4. The van der Waals surface area contributed by atoms with Crippen LogP contribution in [0.1, 0.15) is 28.0 Å². The van der Waals surface area contributed by atoms with Crippen LogP contribution in [-0.4, -0.2) is 72.5 Å². The monoisotopic (exact) mass is 553 g/mol. The van der Waals surface area contributed by atoms with Gasteiger partial charge in [0.05, 0.1) is 11.4 Å². The third-order valence-corrected chi connectivity index (χ3v) is 8.28. The Bertz CT molecular complexity index is 1430. The molecule has 190 valence electrons. The molecule has 3 aromatic heterocycles. The Morgan fingerprint density at radius 3 is 2.62 bits per heavy atom. The first-order valence-corrected chi connectivity index (χ1v) is 13.9. The topological polar surface area (TPSA) is 97.1 Å². The number of piperazine rings is 1. The molecule has 0 unspecified atom stereocenters. The quantitative estimate of drug-likeness (QED) is 0.327. The number of nitrogens with zero attached hydrogens (tertiary/aromatic N) is 7. The second kappa shape index (κ2) is 11.0. The van der Waals surface area contributed by atoms with Gasteiger partial charge in [0.15, 0.2) is 11.0 Å². The van der Waals surface area contributed by atoms with E-state index >= 15 is 0 Å². The number of amides is 2. The van der Waals surface area contributed by atoms with Crippen molar-refractivity contribution in [1.29, 1.82) is 0 Å². The zero-order valence-electron chi connectivity index (χ0n) is 20.3. The van der Waals surface area contributed by atoms with Crippen molar-refractivity contribution < 1.29 is 9.59 Å². The average Bonchev–Trinajstić information content (AvgIpc) is 3.56. The van der Waals surface area contributed by atoms with Crippen molar-refractivity contribution in [3.05, 3.63) is 69.4 Å². The number of rotatable bonds is 6. The molecule has 4 heterocycles. The fourth-order valence-electron chi connectivity index (χ4n) is 4.07. The normalized spacial score (nSPS) is 13.7. The van der Waals surface area contributed by atoms with Gasteiger partial charge in [0.1, 0.15) is 10.7 Å². The maximum atomic E-state index is 12.9. The van der Waals surface area contributed by atoms with Gasteiger partial charge in [-0.1, -0.05) is 29.4 Å². The maximum Gasteiger partial charge on any atom is 0.273 e. The lowest BCUT2D eigenvalue weighted by molar-refractivity contribution is -0.130. The Kier molecular flexibility index (Phi) is 7.54. The number of thioether (sulfide) groups is 1. The van der Waals surface area contributed by atoms with Crippen molar-refractivity contribution in [2.24, 2.45) is 0 Å². The molecule has 1 aliphatic heterocycles. The number of halogens is 1. The Labute approximate surface area is 227 Å². The van der Waals surface area contributed by atoms with Gasteiger partial charge in [-0.15, -0.1) is 21.5 Å². The van der Waals surface area contributed by atoms with Gasteiger partial charge < -0.3 is 9.80 Å². The van der Waals surface area contributed by atoms with Crippen molar-refractivity contribution in [2.45, 2.75) is 24.8 Å². The highest BCUT2D eigenvalue weighted by Crippen LogP contribution is 2.32. The van der Waals surface area contributed by atoms with Crippen LogP contribution in [0.5, 0.6) is 0 Å². The lowest BCUT2D eigenvalue weighted by atomic mass is 10.2. The van der Waals surface area contributed by atoms with Crippen molar-refractivity contribution in [2.75, 3.05) is 26.2 Å². The number of pyridine rings is 1. The Morgan fingerprint density at radius 2 is 1.89 bits per heavy atom. The summed E-state index contributed by atoms with van der Waals surface area (Å²) < 4.78 is 1.98. The van der Waals surface area contributed by atoms with Crippen LogP contribution in [0.25, 0.3) is 17.1 Å². The van der Waals surface area contributed by atoms with Crippen LogP contribution in [0, 0.1) is 6.92 Å². The second-order valence-electron chi connectivity index (χ2n) is 8.53. The number of aromatic nitrogens is 5. The number of hydrogen-bond donors (Lipinski definition) is 0. The molecule has 0 bridgehead atoms. The summed E-state index contributed by atoms with van der Waals surface area (Å²) in [5.41, 5.74) is 3.19. The molecule has 1 aliphatic rings. The van der Waals surface area contributed by atoms with Gasteiger partial charge in [0.2, 0.25) is 5.91 Å². The molecule has 0 N–H and O–H groups in total. The van der Waals surface area contributed by atoms with E-state index < -0.39 is 0 Å². The van der Waals surface area contributed by atoms with E-state index in [4.69, 9.17) is 11.6 Å². The molecular weight excluding hydrogens is 530 g/mol. The molecule has 2 amide bonds. The molecule has 12 heteroatoms. The van der Waals surface area contributed by atoms with Crippen LogP contribution in [0.4, 0.5) is 0 Å². The highest BCUT2D eigenvalue weighted by Gasteiger charge is 2.25. The number of aryl methyl sites for hydroxylation is 1. The minimum absolute atomic E-state index is 0.0348. The Morgan fingerprint density at radius 1 is 1.11 bits per heavy atom. The van der Waals surface area contributed by atoms with E-state index in [1.54, 1.807) is 34.5 Å². The molecule has 1 fully saturated rings. The van der Waals surface area contributed by atoms with E-state index in [1.165, 1.54) is 23.1 Å². The van der Waals surface area contributed by atoms with Crippen molar-refractivity contribution >= 4 is 46.5 Å². The molecule has 1 saturated heterocycles. The summed E-state index contributed by atoms with van der Waals surface area (Å²) in [6.45, 7) is 5.69. The molecule has 1 aromatic carbocycles. The van der Waals surface area contributed by atoms with E-state index in [0.717, 1.165) is 21.8 Å². The zero-order valence-corrected chi connectivity index (χ0v) is 22.7. The van der Waals surface area contributed by atoms with E-state index in [2.05, 4.69) is 20.2 Å². The van der Waals surface area contributed by atoms with Crippen molar-refractivity contribution in [1.82, 2.24) is 34.5 Å². The predicted molar refractivity (Wildman–Crippen MR) is 144 cm³/mol. The summed E-state index contributed by atoms with van der Waals surface area (Å²) in [5.74, 6) is 1.13. The molecule has 0 aliphatic carbocycles. The Hall–Kier alpha value is -3.28. The summed E-state index contributed by atoms with van der Waals surface area (Å²) in [4.78, 5) is 36.8. The second-order valence-corrected chi connectivity index (χ2v) is 10.8. The number of benzene rings is 1. The standard InChI is InChI=1S/C25H24ClN7O2S2/c1-16-5-6-19(26)12-21(16)33-23(18-4-3-7-27-13-18)29-30-25(33)37-15-22-28-20(14-36-22)24(35)32-10-8-31(9-11-32)17(2)34/h3-7,12-14H,8-11,15H2,1-2H3. The van der Waals surface area contributed by atoms with E-state index in [0.29, 0.717) is 53.6 Å². The Balaban J connectivity index is 1.35. The SMILES string of the molecule is CC(=O)N1CCN(C(=O)c2csc(CSc3nnc(-c4cccnc4)n3-c3cc(Cl)ccc3C)n2)CC1. The van der Waals surface area contributed by atoms with Crippen molar-refractivity contribution in [3.8, 4) is 17.1 Å². The van der Waals surface area contributed by atoms with Crippen LogP contribution in [0.3, 0.4) is 0 Å². The highest BCUT2D eigenvalue weighted by atomic mass is 35.5. The summed E-state index contributed by atoms with van der Waals surface area (Å²) in [6, 6.07) is 9.52. The predicted octanol–water partition coefficient (Wildman–Crippen LogP) is 4.34. The van der Waals surface area contributed by atoms with Gasteiger partial charge in [-0.2, -0.15) is 0 Å². The van der Waals surface area contributed by atoms with Gasteiger partial charge in [-0.3, -0.25) is 19.1 Å². The van der Waals surface area contributed by atoms with E-state index in [9.17, 15) is 9.59 Å². The van der Waals surface area contributed by atoms with E-state index in [1.807, 2.05) is 41.8 Å². The van der Waals surface area contributed by atoms with E-state index in [-0.39, 0.29) is 11.8 Å². The lowest BCUT2D eigenvalue weighted by Gasteiger charge is -2.33. The molecule has 5 rings (SSSR count). The molecular formula is C25H24ClN7O2S2. The average molecular weight is 554 g/mol. The van der Waals surface area contributed by atoms with Gasteiger partial charge in [0, 0.05) is 61.5 Å². The molecule has 0 saturated carbocycles. The fourth-order valence-corrected chi connectivity index (χ4v) is 5.97. The zero-order chi connectivity index (χ0) is 25.9. The van der Waals surface area contributed by atoms with Crippen LogP contribution in [-0.2, 0) is 10.5 Å². The number of thiazole rings is 1. The van der Waals surface area contributed by atoms with Crippen LogP contribution in [0.2, 0.25) is 5.02 Å². The summed E-state index contributed by atoms with van der Waals surface area (Å²) in [7, 11) is 0. The smallest absolute Gasteiger partial charge is 0.273 e. The number of hydrogen-bond acceptors (Lipinski definition) is 8. The summed E-state index contributed by atoms with van der Waals surface area (Å²) >= 11 is 9.28. The van der Waals surface area contributed by atoms with Crippen LogP contribution >= 0.6 is 34.7 Å². The summed E-state index contributed by atoms with van der Waals surface area (Å²) in [6.07, 6.45) is 3.47. The first-order chi connectivity index (χ1) is 17.9. The van der Waals surface area contributed by atoms with Gasteiger partial charge in [0.25, 0.3) is 5.91 Å². The third-order valence-electron chi connectivity index (χ3n) is 6.07. The molecule has 0 radical (unpaired) electrons. The van der Waals surface area contributed by atoms with Gasteiger partial charge in [-0.05, 0) is 36.8 Å². The van der Waals surface area contributed by atoms with Gasteiger partial charge in [-0.25, -0.2) is 4.98 Å². The minimum Gasteiger partial charge on any atom is -0.339 e. The largest absolute Gasteiger partial charge is 0.339 e. The molecule has 4 aromatic rings. The fraction of sp³-hybridized carbons (Fsp3) is 0.280. The maximum absolute atomic E-state index is 12.9. The third kappa shape index (κ3) is 5.53. The highest BCUT2D eigenvalue weighted by molar-refractivity contribution is 7.98. The molecule has 0 spiro atoms. The van der Waals surface area contributed by atoms with Crippen LogP contribution in [0.15, 0.2) is 53.3 Å². The molecule has 0 atom stereocenters. The number of carbonyl (C=O) groups is 2. The summed E-state index contributed by atoms with van der Waals surface area (Å²) in [5, 5.41) is 12.8.